The van der Waals surface area contributed by atoms with Crippen LogP contribution in [0, 0.1) is 20.8 Å². The minimum absolute atomic E-state index is 0.196. The number of halogens is 1. The van der Waals surface area contributed by atoms with Gasteiger partial charge >= 0.3 is 0 Å². The molecule has 0 aliphatic carbocycles. The van der Waals surface area contributed by atoms with Crippen LogP contribution >= 0.6 is 22.9 Å². The van der Waals surface area contributed by atoms with Crippen molar-refractivity contribution >= 4 is 39.6 Å². The maximum Gasteiger partial charge on any atom is 0.261 e. The molecule has 13 heteroatoms. The van der Waals surface area contributed by atoms with E-state index in [0.717, 1.165) is 40.3 Å². The van der Waals surface area contributed by atoms with E-state index < -0.39 is 6.04 Å². The van der Waals surface area contributed by atoms with Crippen LogP contribution in [-0.2, 0) is 16.0 Å². The molecule has 0 radical (unpaired) electrons. The monoisotopic (exact) mass is 543 g/mol. The molecule has 1 saturated heterocycles. The predicted molar refractivity (Wildman–Crippen MR) is 137 cm³/mol. The maximum atomic E-state index is 13.6. The molecular weight excluding hydrogens is 518 g/mol. The molecule has 11 nitrogen and oxygen atoms in total. The van der Waals surface area contributed by atoms with E-state index in [-0.39, 0.29) is 17.7 Å². The predicted octanol–water partition coefficient (Wildman–Crippen LogP) is 3.14. The van der Waals surface area contributed by atoms with E-state index in [1.54, 1.807) is 17.9 Å². The van der Waals surface area contributed by atoms with E-state index >= 15 is 0 Å². The molecule has 2 aliphatic heterocycles. The zero-order valence-electron chi connectivity index (χ0n) is 20.7. The minimum atomic E-state index is -0.494. The third-order valence-corrected chi connectivity index (χ3v) is 7.68. The van der Waals surface area contributed by atoms with Gasteiger partial charge in [-0.2, -0.15) is 5.10 Å². The summed E-state index contributed by atoms with van der Waals surface area (Å²) in [5.41, 5.74) is 2.43. The van der Waals surface area contributed by atoms with Crippen molar-refractivity contribution in [2.75, 3.05) is 44.4 Å². The fraction of sp³-hybridized carbons (Fsp3) is 0.458. The second kappa shape index (κ2) is 9.58. The number of carbonyl (C=O) groups excluding carboxylic acids is 1. The van der Waals surface area contributed by atoms with Crippen molar-refractivity contribution in [3.05, 3.63) is 51.0 Å². The molecule has 4 aromatic heterocycles. The van der Waals surface area contributed by atoms with Gasteiger partial charge in [-0.05, 0) is 26.0 Å². The van der Waals surface area contributed by atoms with Crippen LogP contribution in [0.15, 0.2) is 16.5 Å². The summed E-state index contributed by atoms with van der Waals surface area (Å²) in [7, 11) is 0. The van der Waals surface area contributed by atoms with Gasteiger partial charge in [0.05, 0.1) is 24.6 Å². The van der Waals surface area contributed by atoms with Gasteiger partial charge in [-0.3, -0.25) is 4.79 Å². The Hall–Kier alpha value is -3.22. The number of aryl methyl sites for hydroxylation is 3. The van der Waals surface area contributed by atoms with Crippen molar-refractivity contribution in [3.8, 4) is 5.75 Å². The van der Waals surface area contributed by atoms with Gasteiger partial charge in [0.2, 0.25) is 4.96 Å². The molecule has 0 spiro atoms. The highest BCUT2D eigenvalue weighted by atomic mass is 35.5. The Kier molecular flexibility index (Phi) is 6.25. The molecule has 1 unspecified atom stereocenters. The second-order valence-electron chi connectivity index (χ2n) is 9.02. The van der Waals surface area contributed by atoms with Gasteiger partial charge < -0.3 is 23.7 Å². The average Bonchev–Trinajstić information content (AvgIpc) is 3.53. The Morgan fingerprint density at radius 1 is 1.16 bits per heavy atom. The molecule has 0 N–H and O–H groups in total. The number of hydrogen-bond donors (Lipinski definition) is 0. The number of imidazole rings is 1. The first-order chi connectivity index (χ1) is 17.9. The number of morpholine rings is 1. The molecule has 6 heterocycles. The summed E-state index contributed by atoms with van der Waals surface area (Å²) in [5.74, 6) is 2.11. The SMILES string of the molecule is Cc1nc(C2c3c(nc4sc(C)nn34)CCN2C(=O)COc2ccc(N3CCOCC3)nc2Cl)c(C)o1. The quantitative estimate of drug-likeness (QED) is 0.350. The molecule has 4 aromatic rings. The number of carbonyl (C=O) groups is 1. The molecule has 1 amide bonds. The third-order valence-electron chi connectivity index (χ3n) is 6.58. The molecule has 2 aliphatic rings. The standard InChI is InChI=1S/C24H26ClN7O4S/c1-13-20(26-14(2)36-13)22-21-16(27-24-32(21)29-15(3)37-24)6-7-31(22)19(33)12-35-17-4-5-18(28-23(17)25)30-8-10-34-11-9-30/h4-5,22H,6-12H2,1-3H3. The zero-order chi connectivity index (χ0) is 25.7. The summed E-state index contributed by atoms with van der Waals surface area (Å²) >= 11 is 7.94. The van der Waals surface area contributed by atoms with Crippen LogP contribution < -0.4 is 9.64 Å². The normalized spacial score (nSPS) is 17.9. The lowest BCUT2D eigenvalue weighted by Gasteiger charge is -2.34. The van der Waals surface area contributed by atoms with Crippen LogP contribution in [0.25, 0.3) is 4.96 Å². The fourth-order valence-electron chi connectivity index (χ4n) is 4.92. The van der Waals surface area contributed by atoms with Crippen LogP contribution in [0.3, 0.4) is 0 Å². The highest BCUT2D eigenvalue weighted by Crippen LogP contribution is 2.38. The van der Waals surface area contributed by atoms with E-state index in [1.165, 1.54) is 11.3 Å². The third kappa shape index (κ3) is 4.42. The van der Waals surface area contributed by atoms with E-state index in [1.807, 2.05) is 24.4 Å². The lowest BCUT2D eigenvalue weighted by molar-refractivity contribution is -0.135. The van der Waals surface area contributed by atoms with Gasteiger partial charge in [0.1, 0.15) is 28.3 Å². The lowest BCUT2D eigenvalue weighted by Crippen LogP contribution is -2.43. The summed E-state index contributed by atoms with van der Waals surface area (Å²) in [6.07, 6.45) is 0.610. The first-order valence-corrected chi connectivity index (χ1v) is 13.3. The minimum Gasteiger partial charge on any atom is -0.481 e. The Morgan fingerprint density at radius 2 is 1.97 bits per heavy atom. The molecule has 1 atom stereocenters. The number of ether oxygens (including phenoxy) is 2. The largest absolute Gasteiger partial charge is 0.481 e. The highest BCUT2D eigenvalue weighted by Gasteiger charge is 2.39. The molecule has 0 bridgehead atoms. The van der Waals surface area contributed by atoms with Crippen molar-refractivity contribution in [1.29, 1.82) is 0 Å². The Morgan fingerprint density at radius 3 is 2.70 bits per heavy atom. The van der Waals surface area contributed by atoms with Gasteiger partial charge in [0, 0.05) is 33.0 Å². The molecule has 6 rings (SSSR count). The van der Waals surface area contributed by atoms with E-state index in [4.69, 9.17) is 30.5 Å². The Balaban J connectivity index is 1.26. The van der Waals surface area contributed by atoms with Gasteiger partial charge in [0.15, 0.2) is 23.4 Å². The summed E-state index contributed by atoms with van der Waals surface area (Å²) in [6.45, 7) is 8.67. The van der Waals surface area contributed by atoms with Crippen molar-refractivity contribution in [2.45, 2.75) is 33.2 Å². The number of fused-ring (bicyclic) bond motifs is 3. The number of amides is 1. The number of rotatable bonds is 5. The fourth-order valence-corrected chi connectivity index (χ4v) is 5.89. The van der Waals surface area contributed by atoms with E-state index in [9.17, 15) is 4.79 Å². The molecule has 0 aromatic carbocycles. The summed E-state index contributed by atoms with van der Waals surface area (Å²) in [6, 6.07) is 3.11. The molecule has 0 saturated carbocycles. The summed E-state index contributed by atoms with van der Waals surface area (Å²) in [4.78, 5) is 32.1. The topological polar surface area (TPSA) is 111 Å². The van der Waals surface area contributed by atoms with Crippen LogP contribution in [0.2, 0.25) is 5.15 Å². The number of pyridine rings is 1. The lowest BCUT2D eigenvalue weighted by atomic mass is 9.98. The van der Waals surface area contributed by atoms with Crippen LogP contribution in [0.4, 0.5) is 5.82 Å². The zero-order valence-corrected chi connectivity index (χ0v) is 22.3. The van der Waals surface area contributed by atoms with Crippen LogP contribution in [-0.4, -0.2) is 74.8 Å². The smallest absolute Gasteiger partial charge is 0.261 e. The highest BCUT2D eigenvalue weighted by molar-refractivity contribution is 7.16. The van der Waals surface area contributed by atoms with Crippen LogP contribution in [0.1, 0.15) is 39.8 Å². The summed E-state index contributed by atoms with van der Waals surface area (Å²) < 4.78 is 18.8. The first-order valence-electron chi connectivity index (χ1n) is 12.1. The van der Waals surface area contributed by atoms with Crippen molar-refractivity contribution in [3.63, 3.8) is 0 Å². The number of nitrogens with zero attached hydrogens (tertiary/aromatic N) is 7. The molecule has 194 valence electrons. The average molecular weight is 544 g/mol. The number of hydrogen-bond acceptors (Lipinski definition) is 10. The number of oxazole rings is 1. The Labute approximate surface area is 222 Å². The summed E-state index contributed by atoms with van der Waals surface area (Å²) in [5, 5.41) is 5.76. The van der Waals surface area contributed by atoms with Crippen molar-refractivity contribution < 1.29 is 18.7 Å². The van der Waals surface area contributed by atoms with E-state index in [0.29, 0.717) is 49.3 Å². The van der Waals surface area contributed by atoms with Gasteiger partial charge in [0.25, 0.3) is 5.91 Å². The van der Waals surface area contributed by atoms with Crippen molar-refractivity contribution in [2.24, 2.45) is 0 Å². The van der Waals surface area contributed by atoms with Gasteiger partial charge in [-0.15, -0.1) is 0 Å². The number of aromatic nitrogens is 5. The molecule has 1 fully saturated rings. The Bertz CT molecular complexity index is 1480. The number of anilines is 1. The second-order valence-corrected chi connectivity index (χ2v) is 10.5. The molecule has 37 heavy (non-hydrogen) atoms. The molecular formula is C24H26ClN7O4S. The van der Waals surface area contributed by atoms with Gasteiger partial charge in [-0.25, -0.2) is 19.5 Å². The van der Waals surface area contributed by atoms with E-state index in [2.05, 4.69) is 20.0 Å². The van der Waals surface area contributed by atoms with Crippen LogP contribution in [0.5, 0.6) is 5.75 Å². The van der Waals surface area contributed by atoms with Gasteiger partial charge in [-0.1, -0.05) is 22.9 Å². The van der Waals surface area contributed by atoms with Crippen molar-refractivity contribution in [1.82, 2.24) is 29.5 Å². The first kappa shape index (κ1) is 24.1. The maximum absolute atomic E-state index is 13.6.